The van der Waals surface area contributed by atoms with Crippen LogP contribution in [0.25, 0.3) is 0 Å². The Hall–Kier alpha value is -1.98. The van der Waals surface area contributed by atoms with Crippen molar-refractivity contribution in [3.8, 4) is 0 Å². The highest BCUT2D eigenvalue weighted by Gasteiger charge is 2.19. The van der Waals surface area contributed by atoms with Gasteiger partial charge in [0.2, 0.25) is 10.0 Å². The van der Waals surface area contributed by atoms with E-state index in [1.165, 1.54) is 0 Å². The van der Waals surface area contributed by atoms with Gasteiger partial charge in [-0.2, -0.15) is 8.42 Å². The molecule has 2 aromatic rings. The summed E-state index contributed by atoms with van der Waals surface area (Å²) < 4.78 is 61.8. The lowest BCUT2D eigenvalue weighted by atomic mass is 10.3. The zero-order chi connectivity index (χ0) is 15.8. The van der Waals surface area contributed by atoms with Crippen molar-refractivity contribution in [2.45, 2.75) is 16.8 Å². The van der Waals surface area contributed by atoms with Gasteiger partial charge in [0.05, 0.1) is 16.8 Å². The number of sulfonamides is 2. The second kappa shape index (κ2) is 5.09. The van der Waals surface area contributed by atoms with Crippen LogP contribution in [0, 0.1) is 12.7 Å². The first-order chi connectivity index (χ1) is 9.58. The monoisotopic (exact) mass is 334 g/mol. The molecule has 11 heteroatoms. The number of nitrogens with zero attached hydrogens (tertiary/aromatic N) is 1. The van der Waals surface area contributed by atoms with Crippen LogP contribution in [-0.4, -0.2) is 26.8 Å². The molecule has 4 N–H and O–H groups in total. The maximum Gasteiger partial charge on any atom is 0.278 e. The molecule has 2 rings (SSSR count). The zero-order valence-corrected chi connectivity index (χ0v) is 12.3. The van der Waals surface area contributed by atoms with Crippen LogP contribution in [0.3, 0.4) is 0 Å². The van der Waals surface area contributed by atoms with E-state index in [1.807, 2.05) is 4.72 Å². The van der Waals surface area contributed by atoms with Crippen molar-refractivity contribution in [2.24, 2.45) is 5.14 Å². The van der Waals surface area contributed by atoms with Crippen molar-refractivity contribution in [1.29, 1.82) is 0 Å². The molecular formula is C10H11FN4O4S2. The highest BCUT2D eigenvalue weighted by molar-refractivity contribution is 7.92. The SMILES string of the molecule is Cc1ncc(S(=O)(=O)Nc2cc(F)cc(S(N)(=O)=O)c2)[nH]1. The Bertz CT molecular complexity index is 890. The third kappa shape index (κ3) is 3.56. The smallest absolute Gasteiger partial charge is 0.278 e. The molecular weight excluding hydrogens is 323 g/mol. The summed E-state index contributed by atoms with van der Waals surface area (Å²) in [6, 6.07) is 2.43. The number of primary sulfonamides is 1. The number of hydrogen-bond acceptors (Lipinski definition) is 5. The lowest BCUT2D eigenvalue weighted by Gasteiger charge is -2.08. The maximum absolute atomic E-state index is 13.4. The molecule has 0 aliphatic rings. The first-order valence-electron chi connectivity index (χ1n) is 5.46. The van der Waals surface area contributed by atoms with Gasteiger partial charge in [-0.1, -0.05) is 0 Å². The number of aromatic nitrogens is 2. The number of halogens is 1. The van der Waals surface area contributed by atoms with E-state index in [4.69, 9.17) is 5.14 Å². The Kier molecular flexibility index (Phi) is 3.74. The van der Waals surface area contributed by atoms with Gasteiger partial charge < -0.3 is 4.98 Å². The number of H-pyrrole nitrogens is 1. The molecule has 0 amide bonds. The summed E-state index contributed by atoms with van der Waals surface area (Å²) in [5, 5.41) is 4.65. The molecule has 0 fully saturated rings. The molecule has 0 aliphatic heterocycles. The lowest BCUT2D eigenvalue weighted by molar-refractivity contribution is 0.591. The third-order valence-electron chi connectivity index (χ3n) is 2.42. The molecule has 1 aromatic heterocycles. The summed E-state index contributed by atoms with van der Waals surface area (Å²) >= 11 is 0. The molecule has 0 bridgehead atoms. The zero-order valence-electron chi connectivity index (χ0n) is 10.7. The molecule has 21 heavy (non-hydrogen) atoms. The fraction of sp³-hybridized carbons (Fsp3) is 0.100. The van der Waals surface area contributed by atoms with E-state index in [1.54, 1.807) is 6.92 Å². The minimum Gasteiger partial charge on any atom is -0.332 e. The van der Waals surface area contributed by atoms with Gasteiger partial charge in [-0.15, -0.1) is 0 Å². The molecule has 8 nitrogen and oxygen atoms in total. The number of rotatable bonds is 4. The molecule has 0 unspecified atom stereocenters. The molecule has 0 aliphatic carbocycles. The Morgan fingerprint density at radius 1 is 1.24 bits per heavy atom. The summed E-state index contributed by atoms with van der Waals surface area (Å²) in [5.41, 5.74) is -0.272. The van der Waals surface area contributed by atoms with Crippen molar-refractivity contribution in [3.63, 3.8) is 0 Å². The van der Waals surface area contributed by atoms with Crippen LogP contribution in [0.2, 0.25) is 0 Å². The van der Waals surface area contributed by atoms with E-state index in [-0.39, 0.29) is 10.7 Å². The van der Waals surface area contributed by atoms with Crippen molar-refractivity contribution in [3.05, 3.63) is 36.0 Å². The summed E-state index contributed by atoms with van der Waals surface area (Å²) in [7, 11) is -8.20. The van der Waals surface area contributed by atoms with E-state index < -0.39 is 30.8 Å². The van der Waals surface area contributed by atoms with Gasteiger partial charge in [-0.25, -0.2) is 22.9 Å². The predicted octanol–water partition coefficient (Wildman–Crippen LogP) is 0.305. The number of benzene rings is 1. The number of aryl methyl sites for hydroxylation is 1. The second-order valence-electron chi connectivity index (χ2n) is 4.16. The number of aromatic amines is 1. The Balaban J connectivity index is 2.42. The summed E-state index contributed by atoms with van der Waals surface area (Å²) in [6.45, 7) is 1.56. The van der Waals surface area contributed by atoms with Crippen molar-refractivity contribution < 1.29 is 21.2 Å². The van der Waals surface area contributed by atoms with E-state index in [9.17, 15) is 21.2 Å². The molecule has 0 atom stereocenters. The van der Waals surface area contributed by atoms with Crippen LogP contribution in [-0.2, 0) is 20.0 Å². The fourth-order valence-electron chi connectivity index (χ4n) is 1.53. The lowest BCUT2D eigenvalue weighted by Crippen LogP contribution is -2.16. The molecule has 0 saturated heterocycles. The first-order valence-corrected chi connectivity index (χ1v) is 8.49. The highest BCUT2D eigenvalue weighted by atomic mass is 32.2. The summed E-state index contributed by atoms with van der Waals surface area (Å²) in [5.74, 6) is -0.570. The highest BCUT2D eigenvalue weighted by Crippen LogP contribution is 2.20. The van der Waals surface area contributed by atoms with Crippen LogP contribution in [0.1, 0.15) is 5.82 Å². The van der Waals surface area contributed by atoms with Crippen molar-refractivity contribution >= 4 is 25.7 Å². The Morgan fingerprint density at radius 2 is 1.90 bits per heavy atom. The normalized spacial score (nSPS) is 12.3. The molecule has 0 saturated carbocycles. The molecule has 0 radical (unpaired) electrons. The van der Waals surface area contributed by atoms with E-state index in [2.05, 4.69) is 9.97 Å². The minimum atomic E-state index is -4.16. The molecule has 1 heterocycles. The van der Waals surface area contributed by atoms with Crippen molar-refractivity contribution in [2.75, 3.05) is 4.72 Å². The third-order valence-corrected chi connectivity index (χ3v) is 4.60. The maximum atomic E-state index is 13.4. The van der Waals surface area contributed by atoms with Crippen LogP contribution >= 0.6 is 0 Å². The number of nitrogens with one attached hydrogen (secondary N) is 2. The van der Waals surface area contributed by atoms with E-state index >= 15 is 0 Å². The second-order valence-corrected chi connectivity index (χ2v) is 7.37. The molecule has 1 aromatic carbocycles. The van der Waals surface area contributed by atoms with Crippen LogP contribution in [0.15, 0.2) is 34.3 Å². The van der Waals surface area contributed by atoms with E-state index in [0.717, 1.165) is 18.3 Å². The summed E-state index contributed by atoms with van der Waals surface area (Å²) in [6.07, 6.45) is 1.08. The Labute approximate surface area is 120 Å². The van der Waals surface area contributed by atoms with Gasteiger partial charge in [0, 0.05) is 0 Å². The van der Waals surface area contributed by atoms with Gasteiger partial charge in [0.1, 0.15) is 11.6 Å². The van der Waals surface area contributed by atoms with Gasteiger partial charge in [-0.05, 0) is 25.1 Å². The van der Waals surface area contributed by atoms with Gasteiger partial charge in [0.15, 0.2) is 5.03 Å². The number of imidazole rings is 1. The molecule has 0 spiro atoms. The van der Waals surface area contributed by atoms with Crippen LogP contribution in [0.5, 0.6) is 0 Å². The number of nitrogens with two attached hydrogens (primary N) is 1. The van der Waals surface area contributed by atoms with E-state index in [0.29, 0.717) is 11.9 Å². The largest absolute Gasteiger partial charge is 0.332 e. The van der Waals surface area contributed by atoms with Crippen LogP contribution < -0.4 is 9.86 Å². The van der Waals surface area contributed by atoms with Gasteiger partial charge >= 0.3 is 0 Å². The minimum absolute atomic E-state index is 0.235. The average Bonchev–Trinajstić information content (AvgIpc) is 2.74. The summed E-state index contributed by atoms with van der Waals surface area (Å²) in [4.78, 5) is 5.69. The van der Waals surface area contributed by atoms with Crippen LogP contribution in [0.4, 0.5) is 10.1 Å². The topological polar surface area (TPSA) is 135 Å². The Morgan fingerprint density at radius 3 is 2.43 bits per heavy atom. The quantitative estimate of drug-likeness (QED) is 0.739. The fourth-order valence-corrected chi connectivity index (χ4v) is 3.11. The molecule has 114 valence electrons. The predicted molar refractivity (Wildman–Crippen MR) is 71.9 cm³/mol. The van der Waals surface area contributed by atoms with Gasteiger partial charge in [0.25, 0.3) is 10.0 Å². The average molecular weight is 334 g/mol. The standard InChI is InChI=1S/C10H11FN4O4S2/c1-6-13-5-10(14-6)21(18,19)15-8-2-7(11)3-9(4-8)20(12,16)17/h2-5,15H,1H3,(H,13,14)(H2,12,16,17). The van der Waals surface area contributed by atoms with Crippen molar-refractivity contribution in [1.82, 2.24) is 9.97 Å². The number of hydrogen-bond donors (Lipinski definition) is 3. The number of anilines is 1. The van der Waals surface area contributed by atoms with Gasteiger partial charge in [-0.3, -0.25) is 4.72 Å². The first kappa shape index (κ1) is 15.4.